The fourth-order valence-electron chi connectivity index (χ4n) is 2.35. The zero-order chi connectivity index (χ0) is 13.3. The summed E-state index contributed by atoms with van der Waals surface area (Å²) in [5, 5.41) is 4.88. The monoisotopic (exact) mass is 266 g/mol. The number of nitrogens with zero attached hydrogens (tertiary/aromatic N) is 1. The number of thiophene rings is 1. The molecule has 2 amide bonds. The minimum absolute atomic E-state index is 0.0268. The van der Waals surface area contributed by atoms with Gasteiger partial charge in [0, 0.05) is 24.4 Å². The van der Waals surface area contributed by atoms with E-state index >= 15 is 0 Å². The Labute approximate surface area is 111 Å². The molecule has 0 unspecified atom stereocenters. The molecule has 2 atom stereocenters. The highest BCUT2D eigenvalue weighted by Gasteiger charge is 2.43. The van der Waals surface area contributed by atoms with Gasteiger partial charge in [-0.15, -0.1) is 11.3 Å². The van der Waals surface area contributed by atoms with Crippen LogP contribution in [0.15, 0.2) is 17.5 Å². The van der Waals surface area contributed by atoms with Crippen molar-refractivity contribution in [1.82, 2.24) is 10.2 Å². The summed E-state index contributed by atoms with van der Waals surface area (Å²) in [6, 6.07) is 3.92. The third-order valence-electron chi connectivity index (χ3n) is 3.19. The van der Waals surface area contributed by atoms with Crippen LogP contribution in [0.2, 0.25) is 0 Å². The van der Waals surface area contributed by atoms with E-state index in [0.29, 0.717) is 6.42 Å². The van der Waals surface area contributed by atoms with Crippen molar-refractivity contribution in [3.05, 3.63) is 22.4 Å². The predicted molar refractivity (Wildman–Crippen MR) is 71.2 cm³/mol. The number of likely N-dealkylation sites (tertiary alicyclic amines) is 1. The lowest BCUT2D eigenvalue weighted by atomic mass is 9.97. The van der Waals surface area contributed by atoms with E-state index in [1.807, 2.05) is 31.4 Å². The second-order valence-electron chi connectivity index (χ2n) is 4.94. The Hall–Kier alpha value is -1.36. The number of carbonyl (C=O) groups is 2. The van der Waals surface area contributed by atoms with Gasteiger partial charge in [0.1, 0.15) is 0 Å². The highest BCUT2D eigenvalue weighted by atomic mass is 32.1. The largest absolute Gasteiger partial charge is 0.354 e. The topological polar surface area (TPSA) is 49.4 Å². The van der Waals surface area contributed by atoms with Crippen molar-refractivity contribution < 1.29 is 9.59 Å². The maximum absolute atomic E-state index is 12.2. The molecule has 0 bridgehead atoms. The zero-order valence-corrected chi connectivity index (χ0v) is 11.7. The molecular weight excluding hydrogens is 248 g/mol. The molecule has 0 saturated carbocycles. The molecule has 4 nitrogen and oxygen atoms in total. The first-order chi connectivity index (χ1) is 8.50. The van der Waals surface area contributed by atoms with Crippen molar-refractivity contribution in [3.8, 4) is 0 Å². The van der Waals surface area contributed by atoms with E-state index in [0.717, 1.165) is 4.88 Å². The number of rotatable bonds is 3. The van der Waals surface area contributed by atoms with Crippen LogP contribution in [0, 0.1) is 5.92 Å². The number of amides is 2. The smallest absolute Gasteiger partial charge is 0.226 e. The van der Waals surface area contributed by atoms with Crippen LogP contribution in [0.3, 0.4) is 0 Å². The maximum atomic E-state index is 12.2. The fraction of sp³-hybridized carbons (Fsp3) is 0.538. The first kappa shape index (κ1) is 13.1. The Balaban J connectivity index is 2.23. The highest BCUT2D eigenvalue weighted by Crippen LogP contribution is 2.39. The molecule has 5 heteroatoms. The number of hydrogen-bond donors (Lipinski definition) is 1. The van der Waals surface area contributed by atoms with E-state index < -0.39 is 0 Å². The minimum Gasteiger partial charge on any atom is -0.354 e. The quantitative estimate of drug-likeness (QED) is 0.907. The molecule has 1 saturated heterocycles. The van der Waals surface area contributed by atoms with E-state index in [9.17, 15) is 9.59 Å². The fourth-order valence-corrected chi connectivity index (χ4v) is 3.28. The van der Waals surface area contributed by atoms with Crippen molar-refractivity contribution in [2.45, 2.75) is 32.4 Å². The van der Waals surface area contributed by atoms with E-state index in [1.165, 1.54) is 0 Å². The molecule has 18 heavy (non-hydrogen) atoms. The molecule has 1 aliphatic rings. The van der Waals surface area contributed by atoms with E-state index in [4.69, 9.17) is 0 Å². The van der Waals surface area contributed by atoms with Gasteiger partial charge in [-0.05, 0) is 25.3 Å². The molecule has 1 N–H and O–H groups in total. The second-order valence-corrected chi connectivity index (χ2v) is 5.92. The van der Waals surface area contributed by atoms with Gasteiger partial charge in [0.25, 0.3) is 0 Å². The lowest BCUT2D eigenvalue weighted by molar-refractivity contribution is -0.128. The van der Waals surface area contributed by atoms with Gasteiger partial charge in [0.15, 0.2) is 0 Å². The lowest BCUT2D eigenvalue weighted by Gasteiger charge is -2.24. The van der Waals surface area contributed by atoms with Gasteiger partial charge in [-0.2, -0.15) is 0 Å². The molecule has 0 spiro atoms. The summed E-state index contributed by atoms with van der Waals surface area (Å²) in [6.07, 6.45) is 0.303. The third kappa shape index (κ3) is 2.41. The Kier molecular flexibility index (Phi) is 3.71. The van der Waals surface area contributed by atoms with Gasteiger partial charge in [-0.3, -0.25) is 9.59 Å². The molecule has 1 aromatic heterocycles. The number of hydrogen-bond acceptors (Lipinski definition) is 3. The molecular formula is C13H18N2O2S. The van der Waals surface area contributed by atoms with Crippen LogP contribution in [0.1, 0.15) is 31.2 Å². The van der Waals surface area contributed by atoms with E-state index in [-0.39, 0.29) is 29.8 Å². The van der Waals surface area contributed by atoms with Gasteiger partial charge in [-0.1, -0.05) is 6.07 Å². The maximum Gasteiger partial charge on any atom is 0.226 e. The van der Waals surface area contributed by atoms with Gasteiger partial charge < -0.3 is 10.2 Å². The third-order valence-corrected chi connectivity index (χ3v) is 4.13. The van der Waals surface area contributed by atoms with Crippen molar-refractivity contribution in [2.24, 2.45) is 5.92 Å². The SMILES string of the molecule is CC(C)NC(=O)[C@H]1CC(=O)N(C)[C@H]1c1cccs1. The number of carbonyl (C=O) groups excluding carboxylic acids is 2. The van der Waals surface area contributed by atoms with Gasteiger partial charge >= 0.3 is 0 Å². The summed E-state index contributed by atoms with van der Waals surface area (Å²) in [6.45, 7) is 3.86. The summed E-state index contributed by atoms with van der Waals surface area (Å²) in [4.78, 5) is 26.8. The van der Waals surface area contributed by atoms with Crippen molar-refractivity contribution in [3.63, 3.8) is 0 Å². The Morgan fingerprint density at radius 1 is 1.56 bits per heavy atom. The molecule has 1 aromatic rings. The normalized spacial score (nSPS) is 23.8. The molecule has 0 aromatic carbocycles. The standard InChI is InChI=1S/C13H18N2O2S/c1-8(2)14-13(17)9-7-11(16)15(3)12(9)10-5-4-6-18-10/h4-6,8-9,12H,7H2,1-3H3,(H,14,17)/t9-,12+/m0/s1. The van der Waals surface area contributed by atoms with E-state index in [2.05, 4.69) is 5.32 Å². The molecule has 0 radical (unpaired) electrons. The first-order valence-corrected chi connectivity index (χ1v) is 6.98. The van der Waals surface area contributed by atoms with Crippen LogP contribution in [-0.2, 0) is 9.59 Å². The summed E-state index contributed by atoms with van der Waals surface area (Å²) >= 11 is 1.59. The van der Waals surface area contributed by atoms with Crippen LogP contribution in [-0.4, -0.2) is 29.8 Å². The predicted octanol–water partition coefficient (Wildman–Crippen LogP) is 1.79. The van der Waals surface area contributed by atoms with Crippen LogP contribution in [0.5, 0.6) is 0 Å². The van der Waals surface area contributed by atoms with Gasteiger partial charge in [0.2, 0.25) is 11.8 Å². The van der Waals surface area contributed by atoms with Crippen LogP contribution in [0.25, 0.3) is 0 Å². The first-order valence-electron chi connectivity index (χ1n) is 6.10. The highest BCUT2D eigenvalue weighted by molar-refractivity contribution is 7.10. The molecule has 1 aliphatic heterocycles. The average molecular weight is 266 g/mol. The minimum atomic E-state index is -0.274. The van der Waals surface area contributed by atoms with Crippen molar-refractivity contribution in [1.29, 1.82) is 0 Å². The molecule has 98 valence electrons. The van der Waals surface area contributed by atoms with Crippen molar-refractivity contribution >= 4 is 23.2 Å². The summed E-state index contributed by atoms with van der Waals surface area (Å²) in [5.41, 5.74) is 0. The van der Waals surface area contributed by atoms with Crippen LogP contribution >= 0.6 is 11.3 Å². The van der Waals surface area contributed by atoms with Gasteiger partial charge in [-0.25, -0.2) is 0 Å². The summed E-state index contributed by atoms with van der Waals surface area (Å²) < 4.78 is 0. The summed E-state index contributed by atoms with van der Waals surface area (Å²) in [7, 11) is 1.77. The zero-order valence-electron chi connectivity index (χ0n) is 10.8. The van der Waals surface area contributed by atoms with Gasteiger partial charge in [0.05, 0.1) is 12.0 Å². The van der Waals surface area contributed by atoms with Crippen LogP contribution in [0.4, 0.5) is 0 Å². The van der Waals surface area contributed by atoms with Crippen molar-refractivity contribution in [2.75, 3.05) is 7.05 Å². The molecule has 2 heterocycles. The molecule has 0 aliphatic carbocycles. The lowest BCUT2D eigenvalue weighted by Crippen LogP contribution is -2.37. The Morgan fingerprint density at radius 3 is 2.83 bits per heavy atom. The number of nitrogens with one attached hydrogen (secondary N) is 1. The van der Waals surface area contributed by atoms with Crippen LogP contribution < -0.4 is 5.32 Å². The average Bonchev–Trinajstić information content (AvgIpc) is 2.87. The Morgan fingerprint density at radius 2 is 2.28 bits per heavy atom. The van der Waals surface area contributed by atoms with E-state index in [1.54, 1.807) is 23.3 Å². The Bertz CT molecular complexity index is 442. The molecule has 2 rings (SSSR count). The second kappa shape index (κ2) is 5.10. The molecule has 1 fully saturated rings. The summed E-state index contributed by atoms with van der Waals surface area (Å²) in [5.74, 6) is -0.262.